The molecule has 0 saturated carbocycles. The van der Waals surface area contributed by atoms with E-state index in [0.29, 0.717) is 19.5 Å². The molecule has 2 rings (SSSR count). The first-order valence-electron chi connectivity index (χ1n) is 7.12. The molecule has 7 heteroatoms. The number of likely N-dealkylation sites (tertiary alicyclic amines) is 1. The Kier molecular flexibility index (Phi) is 4.81. The Bertz CT molecular complexity index is 399. The smallest absolute Gasteiger partial charge is 0.317 e. The van der Waals surface area contributed by atoms with Crippen LogP contribution >= 0.6 is 0 Å². The summed E-state index contributed by atoms with van der Waals surface area (Å²) in [5.41, 5.74) is 0. The maximum atomic E-state index is 12.1. The van der Waals surface area contributed by atoms with E-state index in [4.69, 9.17) is 5.11 Å². The molecular formula is C13H21N3O4. The zero-order chi connectivity index (χ0) is 14.5. The van der Waals surface area contributed by atoms with Gasteiger partial charge in [-0.05, 0) is 25.7 Å². The second-order valence-electron chi connectivity index (χ2n) is 5.43. The molecule has 2 heterocycles. The van der Waals surface area contributed by atoms with Crippen molar-refractivity contribution >= 4 is 17.9 Å². The van der Waals surface area contributed by atoms with Crippen LogP contribution in [0.5, 0.6) is 0 Å². The van der Waals surface area contributed by atoms with Crippen LogP contribution in [0.1, 0.15) is 38.5 Å². The molecule has 2 aliphatic heterocycles. The lowest BCUT2D eigenvalue weighted by Crippen LogP contribution is -2.51. The summed E-state index contributed by atoms with van der Waals surface area (Å²) < 4.78 is 0. The number of carboxylic acid groups (broad SMARTS) is 1. The third-order valence-corrected chi connectivity index (χ3v) is 3.88. The number of urea groups is 1. The minimum atomic E-state index is -0.877. The normalized spacial score (nSPS) is 26.2. The summed E-state index contributed by atoms with van der Waals surface area (Å²) in [6.45, 7) is 1.00. The van der Waals surface area contributed by atoms with Gasteiger partial charge in [0.2, 0.25) is 5.91 Å². The summed E-state index contributed by atoms with van der Waals surface area (Å²) in [5, 5.41) is 14.5. The highest BCUT2D eigenvalue weighted by Gasteiger charge is 2.29. The Hall–Kier alpha value is -1.79. The van der Waals surface area contributed by atoms with Crippen molar-refractivity contribution < 1.29 is 19.5 Å². The Morgan fingerprint density at radius 2 is 2.15 bits per heavy atom. The highest BCUT2D eigenvalue weighted by Crippen LogP contribution is 2.19. The number of carbonyl (C=O) groups is 3. The monoisotopic (exact) mass is 283 g/mol. The van der Waals surface area contributed by atoms with E-state index in [1.165, 1.54) is 0 Å². The first kappa shape index (κ1) is 14.6. The van der Waals surface area contributed by atoms with Crippen LogP contribution in [0.3, 0.4) is 0 Å². The average molecular weight is 283 g/mol. The third kappa shape index (κ3) is 3.85. The lowest BCUT2D eigenvalue weighted by atomic mass is 10.00. The molecule has 112 valence electrons. The van der Waals surface area contributed by atoms with Gasteiger partial charge in [-0.25, -0.2) is 4.79 Å². The lowest BCUT2D eigenvalue weighted by molar-refractivity contribution is -0.138. The second kappa shape index (κ2) is 6.58. The van der Waals surface area contributed by atoms with E-state index in [1.807, 2.05) is 0 Å². The SMILES string of the molecule is O=C(O)CC1CCCCN1C(=O)NCC1CCC(=O)N1. The lowest BCUT2D eigenvalue weighted by Gasteiger charge is -2.35. The second-order valence-corrected chi connectivity index (χ2v) is 5.43. The standard InChI is InChI=1S/C13H21N3O4/c17-11-5-4-9(15-11)8-14-13(20)16-6-2-1-3-10(16)7-12(18)19/h9-10H,1-8H2,(H,14,20)(H,15,17)(H,18,19). The molecule has 0 radical (unpaired) electrons. The van der Waals surface area contributed by atoms with Crippen molar-refractivity contribution in [2.24, 2.45) is 0 Å². The number of amides is 3. The molecule has 2 unspecified atom stereocenters. The van der Waals surface area contributed by atoms with E-state index in [0.717, 1.165) is 25.7 Å². The van der Waals surface area contributed by atoms with Crippen molar-refractivity contribution in [2.75, 3.05) is 13.1 Å². The predicted molar refractivity (Wildman–Crippen MR) is 71.2 cm³/mol. The van der Waals surface area contributed by atoms with Crippen LogP contribution in [0.25, 0.3) is 0 Å². The number of aliphatic carboxylic acids is 1. The molecule has 0 aromatic carbocycles. The van der Waals surface area contributed by atoms with Crippen LogP contribution in [0.4, 0.5) is 4.79 Å². The van der Waals surface area contributed by atoms with Gasteiger partial charge in [0.1, 0.15) is 0 Å². The largest absolute Gasteiger partial charge is 0.481 e. The van der Waals surface area contributed by atoms with Crippen LogP contribution in [0.15, 0.2) is 0 Å². The van der Waals surface area contributed by atoms with Gasteiger partial charge in [0.15, 0.2) is 0 Å². The molecule has 0 aromatic rings. The summed E-state index contributed by atoms with van der Waals surface area (Å²) in [6, 6.07) is -0.453. The Morgan fingerprint density at radius 3 is 2.80 bits per heavy atom. The fourth-order valence-corrected chi connectivity index (χ4v) is 2.82. The Balaban J connectivity index is 1.82. The number of nitrogens with one attached hydrogen (secondary N) is 2. The molecule has 2 fully saturated rings. The molecular weight excluding hydrogens is 262 g/mol. The van der Waals surface area contributed by atoms with E-state index < -0.39 is 5.97 Å². The molecule has 3 N–H and O–H groups in total. The summed E-state index contributed by atoms with van der Waals surface area (Å²) in [4.78, 5) is 35.7. The fourth-order valence-electron chi connectivity index (χ4n) is 2.82. The summed E-state index contributed by atoms with van der Waals surface area (Å²) in [7, 11) is 0. The third-order valence-electron chi connectivity index (χ3n) is 3.88. The molecule has 2 saturated heterocycles. The van der Waals surface area contributed by atoms with Crippen LogP contribution in [0.2, 0.25) is 0 Å². The summed E-state index contributed by atoms with van der Waals surface area (Å²) in [6.07, 6.45) is 3.83. The number of hydrogen-bond acceptors (Lipinski definition) is 3. The minimum absolute atomic E-state index is 0.00540. The topological polar surface area (TPSA) is 98.7 Å². The molecule has 0 spiro atoms. The first-order chi connectivity index (χ1) is 9.56. The number of hydrogen-bond donors (Lipinski definition) is 3. The zero-order valence-corrected chi connectivity index (χ0v) is 11.4. The number of piperidine rings is 1. The fraction of sp³-hybridized carbons (Fsp3) is 0.769. The number of nitrogens with zero attached hydrogens (tertiary/aromatic N) is 1. The zero-order valence-electron chi connectivity index (χ0n) is 11.4. The van der Waals surface area contributed by atoms with E-state index in [-0.39, 0.29) is 30.4 Å². The maximum Gasteiger partial charge on any atom is 0.317 e. The van der Waals surface area contributed by atoms with Crippen LogP contribution in [0, 0.1) is 0 Å². The van der Waals surface area contributed by atoms with Crippen molar-refractivity contribution in [3.63, 3.8) is 0 Å². The highest BCUT2D eigenvalue weighted by atomic mass is 16.4. The predicted octanol–water partition coefficient (Wildman–Crippen LogP) is 0.304. The highest BCUT2D eigenvalue weighted by molar-refractivity contribution is 5.79. The van der Waals surface area contributed by atoms with Gasteiger partial charge in [-0.3, -0.25) is 9.59 Å². The van der Waals surface area contributed by atoms with Crippen LogP contribution in [-0.2, 0) is 9.59 Å². The van der Waals surface area contributed by atoms with E-state index in [1.54, 1.807) is 4.90 Å². The molecule has 0 aromatic heterocycles. The molecule has 0 aliphatic carbocycles. The average Bonchev–Trinajstić information content (AvgIpc) is 2.82. The van der Waals surface area contributed by atoms with Gasteiger partial charge < -0.3 is 20.6 Å². The molecule has 2 aliphatic rings. The van der Waals surface area contributed by atoms with Crippen molar-refractivity contribution in [3.8, 4) is 0 Å². The number of rotatable bonds is 4. The van der Waals surface area contributed by atoms with Gasteiger partial charge in [-0.15, -0.1) is 0 Å². The molecule has 0 bridgehead atoms. The van der Waals surface area contributed by atoms with Gasteiger partial charge in [0.05, 0.1) is 6.42 Å². The van der Waals surface area contributed by atoms with E-state index >= 15 is 0 Å². The first-order valence-corrected chi connectivity index (χ1v) is 7.12. The molecule has 3 amide bonds. The summed E-state index contributed by atoms with van der Waals surface area (Å²) >= 11 is 0. The van der Waals surface area contributed by atoms with Crippen molar-refractivity contribution in [1.29, 1.82) is 0 Å². The molecule has 20 heavy (non-hydrogen) atoms. The Morgan fingerprint density at radius 1 is 1.35 bits per heavy atom. The van der Waals surface area contributed by atoms with Gasteiger partial charge in [-0.1, -0.05) is 0 Å². The molecule has 2 atom stereocenters. The van der Waals surface area contributed by atoms with Crippen LogP contribution in [-0.4, -0.2) is 53.1 Å². The van der Waals surface area contributed by atoms with Crippen LogP contribution < -0.4 is 10.6 Å². The number of carboxylic acids is 1. The maximum absolute atomic E-state index is 12.1. The van der Waals surface area contributed by atoms with Crippen molar-refractivity contribution in [2.45, 2.75) is 50.6 Å². The van der Waals surface area contributed by atoms with Gasteiger partial charge in [0.25, 0.3) is 0 Å². The van der Waals surface area contributed by atoms with Crippen molar-refractivity contribution in [3.05, 3.63) is 0 Å². The van der Waals surface area contributed by atoms with E-state index in [9.17, 15) is 14.4 Å². The van der Waals surface area contributed by atoms with Gasteiger partial charge in [-0.2, -0.15) is 0 Å². The van der Waals surface area contributed by atoms with Crippen molar-refractivity contribution in [1.82, 2.24) is 15.5 Å². The number of carbonyl (C=O) groups excluding carboxylic acids is 2. The molecule has 7 nitrogen and oxygen atoms in total. The quantitative estimate of drug-likeness (QED) is 0.691. The van der Waals surface area contributed by atoms with Gasteiger partial charge >= 0.3 is 12.0 Å². The Labute approximate surface area is 117 Å². The van der Waals surface area contributed by atoms with E-state index in [2.05, 4.69) is 10.6 Å². The summed E-state index contributed by atoms with van der Waals surface area (Å²) in [5.74, 6) is -0.858. The van der Waals surface area contributed by atoms with Gasteiger partial charge in [0, 0.05) is 31.6 Å². The minimum Gasteiger partial charge on any atom is -0.481 e.